The van der Waals surface area contributed by atoms with E-state index >= 15 is 0 Å². The summed E-state index contributed by atoms with van der Waals surface area (Å²) in [6.45, 7) is 8.82. The molecule has 138 valence electrons. The first kappa shape index (κ1) is 17.9. The third-order valence-corrected chi connectivity index (χ3v) is 6.22. The van der Waals surface area contributed by atoms with Gasteiger partial charge in [0.2, 0.25) is 0 Å². The van der Waals surface area contributed by atoms with Crippen molar-refractivity contribution >= 4 is 34.5 Å². The van der Waals surface area contributed by atoms with Crippen molar-refractivity contribution in [2.75, 3.05) is 12.3 Å². The number of carbonyl (C=O) groups excluding carboxylic acids is 1. The molecule has 27 heavy (non-hydrogen) atoms. The zero-order valence-electron chi connectivity index (χ0n) is 15.6. The van der Waals surface area contributed by atoms with Crippen LogP contribution in [0.2, 0.25) is 0 Å². The Labute approximate surface area is 163 Å². The maximum absolute atomic E-state index is 12.4. The first-order valence-electron chi connectivity index (χ1n) is 9.17. The van der Waals surface area contributed by atoms with Gasteiger partial charge in [-0.3, -0.25) is 4.79 Å². The van der Waals surface area contributed by atoms with Crippen LogP contribution in [0.1, 0.15) is 47.8 Å². The topological polar surface area (TPSA) is 57.2 Å². The minimum atomic E-state index is -0.00629. The number of amides is 1. The lowest BCUT2D eigenvalue weighted by Gasteiger charge is -2.22. The van der Waals surface area contributed by atoms with Gasteiger partial charge in [-0.05, 0) is 26.3 Å². The summed E-state index contributed by atoms with van der Waals surface area (Å²) in [4.78, 5) is 20.9. The molecule has 0 fully saturated rings. The fourth-order valence-electron chi connectivity index (χ4n) is 3.62. The van der Waals surface area contributed by atoms with Gasteiger partial charge in [0.1, 0.15) is 0 Å². The molecule has 1 aromatic heterocycles. The molecule has 0 aliphatic carbocycles. The molecule has 1 aromatic carbocycles. The second kappa shape index (κ2) is 7.24. The van der Waals surface area contributed by atoms with Crippen LogP contribution in [0.5, 0.6) is 0 Å². The predicted molar refractivity (Wildman–Crippen MR) is 115 cm³/mol. The number of aromatic amines is 1. The molecular formula is C22H23N3OS. The number of hydrogen-bond donors (Lipinski definition) is 2. The molecule has 0 spiro atoms. The van der Waals surface area contributed by atoms with Crippen LogP contribution < -0.4 is 5.32 Å². The van der Waals surface area contributed by atoms with Crippen molar-refractivity contribution in [3.63, 3.8) is 0 Å². The Hall–Kier alpha value is -2.53. The summed E-state index contributed by atoms with van der Waals surface area (Å²) in [5, 5.41) is 4.05. The summed E-state index contributed by atoms with van der Waals surface area (Å²) >= 11 is 1.76. The van der Waals surface area contributed by atoms with Crippen molar-refractivity contribution in [2.45, 2.75) is 26.2 Å². The lowest BCUT2D eigenvalue weighted by Crippen LogP contribution is -2.34. The molecule has 3 heterocycles. The zero-order valence-corrected chi connectivity index (χ0v) is 16.5. The highest BCUT2D eigenvalue weighted by Gasteiger charge is 2.28. The van der Waals surface area contributed by atoms with Crippen molar-refractivity contribution in [1.29, 1.82) is 0 Å². The first-order chi connectivity index (χ1) is 13.1. The number of thioether (sulfide) groups is 1. The van der Waals surface area contributed by atoms with E-state index in [9.17, 15) is 4.79 Å². The summed E-state index contributed by atoms with van der Waals surface area (Å²) in [6.07, 6.45) is 5.03. The van der Waals surface area contributed by atoms with E-state index < -0.39 is 0 Å². The molecular weight excluding hydrogens is 354 g/mol. The van der Waals surface area contributed by atoms with Gasteiger partial charge in [0.05, 0.1) is 16.3 Å². The van der Waals surface area contributed by atoms with Crippen LogP contribution >= 0.6 is 11.8 Å². The average Bonchev–Trinajstić information content (AvgIpc) is 3.12. The number of allylic oxidation sites excluding steroid dienone is 1. The lowest BCUT2D eigenvalue weighted by atomic mass is 9.93. The number of aliphatic imine (C=N–C) groups is 1. The number of fused-ring (bicyclic) bond motifs is 3. The Bertz CT molecular complexity index is 983. The van der Waals surface area contributed by atoms with Crippen molar-refractivity contribution < 1.29 is 4.79 Å². The number of aromatic nitrogens is 1. The molecule has 4 rings (SSSR count). The highest BCUT2D eigenvalue weighted by Crippen LogP contribution is 2.38. The van der Waals surface area contributed by atoms with Crippen LogP contribution in [0.3, 0.4) is 0 Å². The Morgan fingerprint density at radius 2 is 2.15 bits per heavy atom. The smallest absolute Gasteiger partial charge is 0.253 e. The van der Waals surface area contributed by atoms with Crippen LogP contribution in [-0.4, -0.2) is 28.2 Å². The van der Waals surface area contributed by atoms with Crippen molar-refractivity contribution in [2.24, 2.45) is 4.99 Å². The van der Waals surface area contributed by atoms with E-state index in [1.54, 1.807) is 11.8 Å². The number of hydrogen-bond acceptors (Lipinski definition) is 3. The summed E-state index contributed by atoms with van der Waals surface area (Å²) in [6, 6.07) is 8.05. The minimum absolute atomic E-state index is 0.00629. The van der Waals surface area contributed by atoms with Gasteiger partial charge in [0.25, 0.3) is 5.91 Å². The monoisotopic (exact) mass is 377 g/mol. The van der Waals surface area contributed by atoms with E-state index in [0.29, 0.717) is 6.54 Å². The minimum Gasteiger partial charge on any atom is -0.357 e. The number of rotatable bonds is 1. The summed E-state index contributed by atoms with van der Waals surface area (Å²) in [5.41, 5.74) is 6.92. The molecule has 2 aromatic rings. The second-order valence-corrected chi connectivity index (χ2v) is 8.24. The Kier molecular flexibility index (Phi) is 4.79. The molecule has 1 unspecified atom stereocenters. The van der Waals surface area contributed by atoms with E-state index in [1.807, 2.05) is 31.2 Å². The fourth-order valence-corrected chi connectivity index (χ4v) is 4.33. The highest BCUT2D eigenvalue weighted by atomic mass is 32.2. The molecule has 1 amide bonds. The fraction of sp³-hybridized carbons (Fsp3) is 0.273. The Balaban J connectivity index is 1.95. The summed E-state index contributed by atoms with van der Waals surface area (Å²) in [7, 11) is 0. The Morgan fingerprint density at radius 3 is 2.96 bits per heavy atom. The summed E-state index contributed by atoms with van der Waals surface area (Å²) in [5.74, 6) is 1.18. The number of nitrogens with zero attached hydrogens (tertiary/aromatic N) is 1. The van der Waals surface area contributed by atoms with Crippen LogP contribution in [-0.2, 0) is 0 Å². The number of para-hydroxylation sites is 1. The highest BCUT2D eigenvalue weighted by molar-refractivity contribution is 8.14. The lowest BCUT2D eigenvalue weighted by molar-refractivity contribution is 0.0940. The van der Waals surface area contributed by atoms with Gasteiger partial charge >= 0.3 is 0 Å². The van der Waals surface area contributed by atoms with Crippen LogP contribution in [0.4, 0.5) is 5.69 Å². The molecule has 5 heteroatoms. The molecule has 2 N–H and O–H groups in total. The van der Waals surface area contributed by atoms with Gasteiger partial charge in [-0.25, -0.2) is 4.99 Å². The van der Waals surface area contributed by atoms with E-state index in [-0.39, 0.29) is 11.8 Å². The molecule has 2 aliphatic rings. The van der Waals surface area contributed by atoms with Crippen LogP contribution in [0.15, 0.2) is 47.5 Å². The van der Waals surface area contributed by atoms with Crippen molar-refractivity contribution in [1.82, 2.24) is 10.3 Å². The van der Waals surface area contributed by atoms with E-state index in [2.05, 4.69) is 35.9 Å². The van der Waals surface area contributed by atoms with E-state index in [0.717, 1.165) is 51.0 Å². The van der Waals surface area contributed by atoms with Crippen LogP contribution in [0.25, 0.3) is 17.3 Å². The van der Waals surface area contributed by atoms with Gasteiger partial charge in [-0.1, -0.05) is 42.5 Å². The first-order valence-corrected chi connectivity index (χ1v) is 10.2. The second-order valence-electron chi connectivity index (χ2n) is 7.07. The molecule has 4 nitrogen and oxygen atoms in total. The average molecular weight is 378 g/mol. The third-order valence-electron chi connectivity index (χ3n) is 5.12. The van der Waals surface area contributed by atoms with Gasteiger partial charge in [0.15, 0.2) is 0 Å². The van der Waals surface area contributed by atoms with E-state index in [4.69, 9.17) is 4.99 Å². The van der Waals surface area contributed by atoms with Crippen molar-refractivity contribution in [3.8, 4) is 11.3 Å². The SMILES string of the molecule is C=Cc1cccc2c1N=C(C)SCC(C)=CCC1CNC(=O)c3cc-2[nH]c31. The number of benzene rings is 1. The van der Waals surface area contributed by atoms with E-state index in [1.165, 1.54) is 5.57 Å². The molecule has 2 bridgehead atoms. The zero-order chi connectivity index (χ0) is 19.0. The molecule has 0 radical (unpaired) electrons. The number of H-pyrrole nitrogens is 1. The third kappa shape index (κ3) is 3.39. The van der Waals surface area contributed by atoms with Gasteiger partial charge < -0.3 is 10.3 Å². The standard InChI is InChI=1S/C22H23N3OS/c1-4-15-6-5-7-17-19-10-18-21(25-19)16(11-23-22(18)26)9-8-13(2)12-27-14(3)24-20(15)17/h4-8,10,16,25H,1,9,11-12H2,2-3H3,(H,23,26). The normalized spacial score (nSPS) is 19.5. The largest absolute Gasteiger partial charge is 0.357 e. The maximum Gasteiger partial charge on any atom is 0.253 e. The summed E-state index contributed by atoms with van der Waals surface area (Å²) < 4.78 is 0. The number of carbonyl (C=O) groups is 1. The molecule has 0 saturated heterocycles. The van der Waals surface area contributed by atoms with Crippen molar-refractivity contribution in [3.05, 3.63) is 59.3 Å². The predicted octanol–water partition coefficient (Wildman–Crippen LogP) is 5.28. The van der Waals surface area contributed by atoms with Gasteiger partial charge in [-0.15, -0.1) is 11.8 Å². The number of nitrogens with one attached hydrogen (secondary N) is 2. The maximum atomic E-state index is 12.4. The van der Waals surface area contributed by atoms with Gasteiger partial charge in [0, 0.05) is 40.7 Å². The quantitative estimate of drug-likeness (QED) is 0.664. The molecule has 0 saturated carbocycles. The molecule has 1 atom stereocenters. The Morgan fingerprint density at radius 1 is 1.30 bits per heavy atom. The van der Waals surface area contributed by atoms with Gasteiger partial charge in [-0.2, -0.15) is 0 Å². The molecule has 2 aliphatic heterocycles. The van der Waals surface area contributed by atoms with Crippen LogP contribution in [0, 0.1) is 0 Å².